The average Bonchev–Trinajstić information content (AvgIpc) is 2.99. The van der Waals surface area contributed by atoms with Crippen molar-refractivity contribution in [2.75, 3.05) is 6.54 Å². The van der Waals surface area contributed by atoms with E-state index in [2.05, 4.69) is 5.32 Å². The minimum atomic E-state index is -2.96. The second-order valence-electron chi connectivity index (χ2n) is 4.88. The molecule has 0 amide bonds. The molecule has 0 saturated carbocycles. The summed E-state index contributed by atoms with van der Waals surface area (Å²) in [7, 11) is 1.55. The predicted molar refractivity (Wildman–Crippen MR) is 66.4 cm³/mol. The van der Waals surface area contributed by atoms with E-state index in [1.54, 1.807) is 7.05 Å². The molecule has 6 heteroatoms. The average molecular weight is 268 g/mol. The first-order chi connectivity index (χ1) is 9.00. The Balaban J connectivity index is 2.07. The van der Waals surface area contributed by atoms with Crippen molar-refractivity contribution in [1.82, 2.24) is 9.88 Å². The van der Waals surface area contributed by atoms with E-state index in [0.29, 0.717) is 18.5 Å². The Morgan fingerprint density at radius 2 is 2.26 bits per heavy atom. The van der Waals surface area contributed by atoms with Gasteiger partial charge in [-0.25, -0.2) is 4.79 Å². The van der Waals surface area contributed by atoms with E-state index in [-0.39, 0.29) is 11.1 Å². The molecule has 3 rings (SSSR count). The van der Waals surface area contributed by atoms with Crippen molar-refractivity contribution >= 4 is 11.1 Å². The maximum atomic E-state index is 14.3. The van der Waals surface area contributed by atoms with Crippen molar-refractivity contribution < 1.29 is 13.2 Å². The van der Waals surface area contributed by atoms with Crippen molar-refractivity contribution in [3.63, 3.8) is 0 Å². The smallest absolute Gasteiger partial charge is 0.408 e. The van der Waals surface area contributed by atoms with Gasteiger partial charge in [0.25, 0.3) is 5.92 Å². The molecule has 1 atom stereocenters. The monoisotopic (exact) mass is 268 g/mol. The third-order valence-electron chi connectivity index (χ3n) is 3.68. The molecule has 1 saturated heterocycles. The van der Waals surface area contributed by atoms with Crippen molar-refractivity contribution in [3.05, 3.63) is 34.3 Å². The number of halogens is 2. The molecule has 0 bridgehead atoms. The Kier molecular flexibility index (Phi) is 2.70. The van der Waals surface area contributed by atoms with E-state index in [4.69, 9.17) is 4.42 Å². The van der Waals surface area contributed by atoms with E-state index < -0.39 is 17.7 Å². The third kappa shape index (κ3) is 1.87. The first-order valence-electron chi connectivity index (χ1n) is 6.21. The minimum absolute atomic E-state index is 0.117. The summed E-state index contributed by atoms with van der Waals surface area (Å²) in [5, 5.41) is 2.81. The SMILES string of the molecule is Cn1c(=O)oc2cc(C(F)(F)C3CCCN3)ccc21. The van der Waals surface area contributed by atoms with Crippen LogP contribution < -0.4 is 11.1 Å². The van der Waals surface area contributed by atoms with Gasteiger partial charge in [0.05, 0.1) is 11.6 Å². The Bertz CT molecular complexity index is 669. The highest BCUT2D eigenvalue weighted by Crippen LogP contribution is 2.36. The summed E-state index contributed by atoms with van der Waals surface area (Å²) in [6, 6.07) is 3.27. The lowest BCUT2D eigenvalue weighted by Crippen LogP contribution is -2.38. The summed E-state index contributed by atoms with van der Waals surface area (Å²) in [6.45, 7) is 0.614. The second kappa shape index (κ2) is 4.16. The fraction of sp³-hybridized carbons (Fsp3) is 0.462. The predicted octanol–water partition coefficient (Wildman–Crippen LogP) is 1.98. The number of nitrogens with zero attached hydrogens (tertiary/aromatic N) is 1. The van der Waals surface area contributed by atoms with E-state index >= 15 is 0 Å². The van der Waals surface area contributed by atoms with Crippen LogP contribution in [0.5, 0.6) is 0 Å². The van der Waals surface area contributed by atoms with Crippen LogP contribution in [0.4, 0.5) is 8.78 Å². The van der Waals surface area contributed by atoms with Crippen LogP contribution in [-0.4, -0.2) is 17.2 Å². The second-order valence-corrected chi connectivity index (χ2v) is 4.88. The molecule has 1 unspecified atom stereocenters. The Hall–Kier alpha value is -1.69. The quantitative estimate of drug-likeness (QED) is 0.906. The third-order valence-corrected chi connectivity index (χ3v) is 3.68. The van der Waals surface area contributed by atoms with Crippen LogP contribution in [0.3, 0.4) is 0 Å². The molecular weight excluding hydrogens is 254 g/mol. The molecule has 1 aromatic heterocycles. The summed E-state index contributed by atoms with van der Waals surface area (Å²) in [6.07, 6.45) is 1.20. The van der Waals surface area contributed by atoms with Crippen molar-refractivity contribution in [3.8, 4) is 0 Å². The standard InChI is InChI=1S/C13H14F2N2O2/c1-17-9-5-4-8(7-10(9)19-12(17)18)13(14,15)11-3-2-6-16-11/h4-5,7,11,16H,2-3,6H2,1H3. The highest BCUT2D eigenvalue weighted by atomic mass is 19.3. The zero-order valence-electron chi connectivity index (χ0n) is 10.5. The number of aryl methyl sites for hydroxylation is 1. The molecule has 0 spiro atoms. The van der Waals surface area contributed by atoms with Crippen LogP contribution in [0.1, 0.15) is 18.4 Å². The Morgan fingerprint density at radius 3 is 2.95 bits per heavy atom. The number of nitrogens with one attached hydrogen (secondary N) is 1. The van der Waals surface area contributed by atoms with Gasteiger partial charge in [0.1, 0.15) is 0 Å². The molecular formula is C13H14F2N2O2. The fourth-order valence-electron chi connectivity index (χ4n) is 2.54. The molecule has 2 aromatic rings. The van der Waals surface area contributed by atoms with Gasteiger partial charge >= 0.3 is 5.76 Å². The lowest BCUT2D eigenvalue weighted by Gasteiger charge is -2.23. The van der Waals surface area contributed by atoms with Crippen LogP contribution in [0.15, 0.2) is 27.4 Å². The number of hydrogen-bond donors (Lipinski definition) is 1. The van der Waals surface area contributed by atoms with Crippen LogP contribution >= 0.6 is 0 Å². The van der Waals surface area contributed by atoms with Gasteiger partial charge in [-0.15, -0.1) is 0 Å². The fourth-order valence-corrected chi connectivity index (χ4v) is 2.54. The number of aromatic nitrogens is 1. The summed E-state index contributed by atoms with van der Waals surface area (Å²) < 4.78 is 34.9. The first kappa shape index (κ1) is 12.3. The molecule has 1 aromatic carbocycles. The number of rotatable bonds is 2. The van der Waals surface area contributed by atoms with Gasteiger partial charge in [-0.2, -0.15) is 8.78 Å². The van der Waals surface area contributed by atoms with Gasteiger partial charge in [-0.3, -0.25) is 4.57 Å². The summed E-state index contributed by atoms with van der Waals surface area (Å²) >= 11 is 0. The van der Waals surface area contributed by atoms with E-state index in [9.17, 15) is 13.6 Å². The molecule has 1 N–H and O–H groups in total. The van der Waals surface area contributed by atoms with Gasteiger partial charge in [-0.05, 0) is 31.5 Å². The normalized spacial score (nSPS) is 20.3. The van der Waals surface area contributed by atoms with E-state index in [1.807, 2.05) is 0 Å². The largest absolute Gasteiger partial charge is 0.419 e. The van der Waals surface area contributed by atoms with Crippen LogP contribution in [0, 0.1) is 0 Å². The highest BCUT2D eigenvalue weighted by Gasteiger charge is 2.42. The Labute approximate surface area is 108 Å². The van der Waals surface area contributed by atoms with Crippen LogP contribution in [0.25, 0.3) is 11.1 Å². The summed E-state index contributed by atoms with van der Waals surface area (Å²) in [5.41, 5.74) is 0.598. The molecule has 1 fully saturated rings. The van der Waals surface area contributed by atoms with Crippen LogP contribution in [-0.2, 0) is 13.0 Å². The summed E-state index contributed by atoms with van der Waals surface area (Å²) in [5.74, 6) is -3.51. The molecule has 2 heterocycles. The maximum absolute atomic E-state index is 14.3. The van der Waals surface area contributed by atoms with E-state index in [1.165, 1.54) is 22.8 Å². The van der Waals surface area contributed by atoms with Gasteiger partial charge in [-0.1, -0.05) is 6.07 Å². The number of hydrogen-bond acceptors (Lipinski definition) is 3. The lowest BCUT2D eigenvalue weighted by atomic mass is 9.99. The molecule has 1 aliphatic rings. The number of alkyl halides is 2. The number of fused-ring (bicyclic) bond motifs is 1. The molecule has 4 nitrogen and oxygen atoms in total. The molecule has 102 valence electrons. The molecule has 0 aliphatic carbocycles. The van der Waals surface area contributed by atoms with Crippen molar-refractivity contribution in [2.45, 2.75) is 24.8 Å². The molecule has 19 heavy (non-hydrogen) atoms. The first-order valence-corrected chi connectivity index (χ1v) is 6.21. The van der Waals surface area contributed by atoms with Gasteiger partial charge in [0.15, 0.2) is 5.58 Å². The Morgan fingerprint density at radius 1 is 1.47 bits per heavy atom. The van der Waals surface area contributed by atoms with Crippen molar-refractivity contribution in [1.29, 1.82) is 0 Å². The van der Waals surface area contributed by atoms with Gasteiger partial charge < -0.3 is 9.73 Å². The van der Waals surface area contributed by atoms with Gasteiger partial charge in [0.2, 0.25) is 0 Å². The van der Waals surface area contributed by atoms with E-state index in [0.717, 1.165) is 6.42 Å². The van der Waals surface area contributed by atoms with Crippen LogP contribution in [0.2, 0.25) is 0 Å². The summed E-state index contributed by atoms with van der Waals surface area (Å²) in [4.78, 5) is 11.4. The zero-order chi connectivity index (χ0) is 13.6. The maximum Gasteiger partial charge on any atom is 0.419 e. The molecule has 0 radical (unpaired) electrons. The highest BCUT2D eigenvalue weighted by molar-refractivity contribution is 5.73. The van der Waals surface area contributed by atoms with Crippen molar-refractivity contribution in [2.24, 2.45) is 7.05 Å². The topological polar surface area (TPSA) is 47.2 Å². The van der Waals surface area contributed by atoms with Gasteiger partial charge in [0, 0.05) is 12.6 Å². The molecule has 1 aliphatic heterocycles. The lowest BCUT2D eigenvalue weighted by molar-refractivity contribution is -0.0375. The number of benzene rings is 1. The minimum Gasteiger partial charge on any atom is -0.408 e. The zero-order valence-corrected chi connectivity index (χ0v) is 10.5. The number of oxazole rings is 1.